The van der Waals surface area contributed by atoms with Gasteiger partial charge in [0.05, 0.1) is 18.2 Å². The van der Waals surface area contributed by atoms with Crippen molar-refractivity contribution in [3.63, 3.8) is 0 Å². The summed E-state index contributed by atoms with van der Waals surface area (Å²) < 4.78 is 31.9. The fourth-order valence-corrected chi connectivity index (χ4v) is 1.51. The van der Waals surface area contributed by atoms with Crippen molar-refractivity contribution in [1.82, 2.24) is 0 Å². The molecule has 0 saturated carbocycles. The summed E-state index contributed by atoms with van der Waals surface area (Å²) in [6, 6.07) is 5.50. The van der Waals surface area contributed by atoms with E-state index in [4.69, 9.17) is 21.6 Å². The summed E-state index contributed by atoms with van der Waals surface area (Å²) in [6.07, 6.45) is -0.706. The Morgan fingerprint density at radius 1 is 1.50 bits per heavy atom. The van der Waals surface area contributed by atoms with E-state index >= 15 is 0 Å². The van der Waals surface area contributed by atoms with E-state index in [0.717, 1.165) is 6.07 Å². The summed E-state index contributed by atoms with van der Waals surface area (Å²) in [6.45, 7) is 0. The molecular weight excluding hydrogens is 236 g/mol. The minimum absolute atomic E-state index is 0.136. The maximum absolute atomic E-state index is 13.5. The number of rotatable bonds is 4. The van der Waals surface area contributed by atoms with Crippen LogP contribution in [-0.2, 0) is 5.92 Å². The highest BCUT2D eigenvalue weighted by Crippen LogP contribution is 2.36. The molecular formula is C11H10ClF2NO. The van der Waals surface area contributed by atoms with E-state index in [1.165, 1.54) is 19.2 Å². The molecule has 0 aliphatic carbocycles. The van der Waals surface area contributed by atoms with Crippen LogP contribution in [0.1, 0.15) is 18.4 Å². The van der Waals surface area contributed by atoms with E-state index in [0.29, 0.717) is 5.75 Å². The van der Waals surface area contributed by atoms with Crippen LogP contribution >= 0.6 is 11.6 Å². The lowest BCUT2D eigenvalue weighted by Gasteiger charge is -2.16. The average molecular weight is 246 g/mol. The van der Waals surface area contributed by atoms with Gasteiger partial charge in [0, 0.05) is 18.4 Å². The molecule has 0 N–H and O–H groups in total. The second-order valence-corrected chi connectivity index (χ2v) is 3.62. The van der Waals surface area contributed by atoms with Crippen LogP contribution in [0.3, 0.4) is 0 Å². The first-order chi connectivity index (χ1) is 7.51. The normalized spacial score (nSPS) is 10.9. The minimum Gasteiger partial charge on any atom is -0.495 e. The SMILES string of the molecule is COc1ccc(C(F)(F)CCC#N)cc1Cl. The molecule has 1 aromatic carbocycles. The van der Waals surface area contributed by atoms with Gasteiger partial charge in [0.1, 0.15) is 5.75 Å². The van der Waals surface area contributed by atoms with Crippen LogP contribution in [-0.4, -0.2) is 7.11 Å². The number of ether oxygens (including phenoxy) is 1. The number of halogens is 3. The smallest absolute Gasteiger partial charge is 0.274 e. The van der Waals surface area contributed by atoms with Crippen molar-refractivity contribution in [2.75, 3.05) is 7.11 Å². The van der Waals surface area contributed by atoms with Crippen molar-refractivity contribution in [3.8, 4) is 11.8 Å². The molecule has 0 unspecified atom stereocenters. The van der Waals surface area contributed by atoms with Gasteiger partial charge < -0.3 is 4.74 Å². The van der Waals surface area contributed by atoms with Crippen molar-refractivity contribution < 1.29 is 13.5 Å². The second kappa shape index (κ2) is 5.13. The minimum atomic E-state index is -3.04. The molecule has 0 bridgehead atoms. The molecule has 16 heavy (non-hydrogen) atoms. The quantitative estimate of drug-likeness (QED) is 0.809. The van der Waals surface area contributed by atoms with Crippen LogP contribution in [0, 0.1) is 11.3 Å². The Morgan fingerprint density at radius 3 is 2.69 bits per heavy atom. The highest BCUT2D eigenvalue weighted by molar-refractivity contribution is 6.32. The first-order valence-electron chi connectivity index (χ1n) is 4.60. The van der Waals surface area contributed by atoms with Gasteiger partial charge in [-0.05, 0) is 18.2 Å². The Morgan fingerprint density at radius 2 is 2.19 bits per heavy atom. The third kappa shape index (κ3) is 2.83. The van der Waals surface area contributed by atoms with Crippen LogP contribution < -0.4 is 4.74 Å². The molecule has 2 nitrogen and oxygen atoms in total. The Labute approximate surface area is 97.4 Å². The van der Waals surface area contributed by atoms with Crippen molar-refractivity contribution in [2.24, 2.45) is 0 Å². The van der Waals surface area contributed by atoms with Gasteiger partial charge in [0.25, 0.3) is 5.92 Å². The molecule has 0 aromatic heterocycles. The molecule has 0 amide bonds. The van der Waals surface area contributed by atoms with E-state index in [1.54, 1.807) is 6.07 Å². The fraction of sp³-hybridized carbons (Fsp3) is 0.364. The lowest BCUT2D eigenvalue weighted by Crippen LogP contribution is -2.12. The van der Waals surface area contributed by atoms with Crippen LogP contribution in [0.4, 0.5) is 8.78 Å². The van der Waals surface area contributed by atoms with Gasteiger partial charge in [-0.2, -0.15) is 5.26 Å². The lowest BCUT2D eigenvalue weighted by atomic mass is 10.0. The monoisotopic (exact) mass is 245 g/mol. The first-order valence-corrected chi connectivity index (χ1v) is 4.98. The van der Waals surface area contributed by atoms with Crippen molar-refractivity contribution in [2.45, 2.75) is 18.8 Å². The molecule has 0 radical (unpaired) electrons. The maximum Gasteiger partial charge on any atom is 0.274 e. The standard InChI is InChI=1S/C11H10ClF2NO/c1-16-10-4-3-8(7-9(10)12)11(13,14)5-2-6-15/h3-4,7H,2,5H2,1H3. The molecule has 0 fully saturated rings. The van der Waals surface area contributed by atoms with E-state index in [9.17, 15) is 8.78 Å². The van der Waals surface area contributed by atoms with E-state index < -0.39 is 12.3 Å². The Bertz CT molecular complexity index is 415. The summed E-state index contributed by atoms with van der Waals surface area (Å²) >= 11 is 5.75. The maximum atomic E-state index is 13.5. The van der Waals surface area contributed by atoms with Gasteiger partial charge in [0.15, 0.2) is 0 Å². The van der Waals surface area contributed by atoms with Crippen LogP contribution in [0.25, 0.3) is 0 Å². The highest BCUT2D eigenvalue weighted by Gasteiger charge is 2.31. The number of methoxy groups -OCH3 is 1. The molecule has 0 heterocycles. The molecule has 0 saturated heterocycles. The fourth-order valence-electron chi connectivity index (χ4n) is 1.25. The summed E-state index contributed by atoms with van der Waals surface area (Å²) in [5, 5.41) is 8.42. The summed E-state index contributed by atoms with van der Waals surface area (Å²) in [5.74, 6) is -2.69. The molecule has 0 spiro atoms. The predicted molar refractivity (Wildman–Crippen MR) is 56.7 cm³/mol. The number of hydrogen-bond donors (Lipinski definition) is 0. The zero-order chi connectivity index (χ0) is 12.2. The molecule has 1 aromatic rings. The zero-order valence-corrected chi connectivity index (χ0v) is 9.39. The third-order valence-corrected chi connectivity index (χ3v) is 2.42. The number of hydrogen-bond acceptors (Lipinski definition) is 2. The van der Waals surface area contributed by atoms with Gasteiger partial charge in [-0.15, -0.1) is 0 Å². The first kappa shape index (κ1) is 12.7. The Balaban J connectivity index is 2.96. The highest BCUT2D eigenvalue weighted by atomic mass is 35.5. The average Bonchev–Trinajstić information content (AvgIpc) is 2.26. The largest absolute Gasteiger partial charge is 0.495 e. The lowest BCUT2D eigenvalue weighted by molar-refractivity contribution is -0.0119. The number of alkyl halides is 2. The summed E-state index contributed by atoms with van der Waals surface area (Å²) in [5.41, 5.74) is -0.200. The van der Waals surface area contributed by atoms with Gasteiger partial charge in [0.2, 0.25) is 0 Å². The summed E-state index contributed by atoms with van der Waals surface area (Å²) in [4.78, 5) is 0. The second-order valence-electron chi connectivity index (χ2n) is 3.21. The van der Waals surface area contributed by atoms with Gasteiger partial charge in [-0.1, -0.05) is 11.6 Å². The topological polar surface area (TPSA) is 33.0 Å². The van der Waals surface area contributed by atoms with Crippen molar-refractivity contribution in [1.29, 1.82) is 5.26 Å². The van der Waals surface area contributed by atoms with E-state index in [2.05, 4.69) is 0 Å². The molecule has 0 atom stereocenters. The zero-order valence-electron chi connectivity index (χ0n) is 8.64. The van der Waals surface area contributed by atoms with Crippen LogP contribution in [0.5, 0.6) is 5.75 Å². The summed E-state index contributed by atoms with van der Waals surface area (Å²) in [7, 11) is 1.41. The van der Waals surface area contributed by atoms with Gasteiger partial charge in [-0.3, -0.25) is 0 Å². The predicted octanol–water partition coefficient (Wildman–Crippen LogP) is 3.74. The third-order valence-electron chi connectivity index (χ3n) is 2.12. The Hall–Kier alpha value is -1.34. The van der Waals surface area contributed by atoms with Crippen molar-refractivity contribution >= 4 is 11.6 Å². The number of benzene rings is 1. The number of nitriles is 1. The van der Waals surface area contributed by atoms with Crippen LogP contribution in [0.2, 0.25) is 5.02 Å². The molecule has 1 rings (SSSR count). The number of nitrogens with zero attached hydrogens (tertiary/aromatic N) is 1. The molecule has 86 valence electrons. The van der Waals surface area contributed by atoms with Crippen molar-refractivity contribution in [3.05, 3.63) is 28.8 Å². The molecule has 5 heteroatoms. The van der Waals surface area contributed by atoms with Crippen LogP contribution in [0.15, 0.2) is 18.2 Å². The van der Waals surface area contributed by atoms with Gasteiger partial charge >= 0.3 is 0 Å². The Kier molecular flexibility index (Phi) is 4.08. The van der Waals surface area contributed by atoms with Gasteiger partial charge in [-0.25, -0.2) is 8.78 Å². The van der Waals surface area contributed by atoms with E-state index in [1.807, 2.05) is 0 Å². The molecule has 0 aliphatic heterocycles. The molecule has 0 aliphatic rings. The van der Waals surface area contributed by atoms with E-state index in [-0.39, 0.29) is 17.0 Å².